The Balaban J connectivity index is 2.66. The van der Waals surface area contributed by atoms with Gasteiger partial charge in [-0.2, -0.15) is 0 Å². The predicted octanol–water partition coefficient (Wildman–Crippen LogP) is 2.25. The number of hydrogen-bond acceptors (Lipinski definition) is 2. The molecule has 1 fully saturated rings. The number of nitrogens with zero attached hydrogens (tertiary/aromatic N) is 1. The smallest absolute Gasteiger partial charge is 0.0715 e. The molecule has 1 rings (SSSR count). The average molecular weight is 222 g/mol. The van der Waals surface area contributed by atoms with Gasteiger partial charge in [0.25, 0.3) is 0 Å². The van der Waals surface area contributed by atoms with Crippen molar-refractivity contribution in [2.45, 2.75) is 64.6 Å². The van der Waals surface area contributed by atoms with Crippen LogP contribution in [0.5, 0.6) is 0 Å². The van der Waals surface area contributed by atoms with Crippen molar-refractivity contribution in [1.82, 2.24) is 10.2 Å². The molecule has 0 bridgehead atoms. The van der Waals surface area contributed by atoms with Crippen molar-refractivity contribution in [2.24, 2.45) is 0 Å². The number of rotatable bonds is 5. The number of hydrogen-bond donors (Lipinski definition) is 1. The van der Waals surface area contributed by atoms with Crippen LogP contribution < -0.4 is 5.32 Å². The van der Waals surface area contributed by atoms with Crippen LogP contribution in [-0.4, -0.2) is 36.1 Å². The maximum absolute atomic E-state index is 5.68. The van der Waals surface area contributed by atoms with Crippen LogP contribution in [0.2, 0.25) is 0 Å². The Morgan fingerprint density at radius 1 is 1.38 bits per heavy atom. The second-order valence-corrected chi connectivity index (χ2v) is 4.74. The first-order valence-electron chi connectivity index (χ1n) is 6.71. The van der Waals surface area contributed by atoms with Gasteiger partial charge >= 0.3 is 0 Å². The van der Waals surface area contributed by atoms with Crippen LogP contribution in [0.1, 0.15) is 46.5 Å². The molecule has 0 aromatic rings. The van der Waals surface area contributed by atoms with Crippen molar-refractivity contribution < 1.29 is 0 Å². The standard InChI is InChI=1S/C14H26N2/c1-5-9-13(7-3)16-11-12(6-2)15-10-14(16)8-4/h3,12-15H,5-6,8-11H2,1-2,4H3. The molecule has 1 saturated heterocycles. The van der Waals surface area contributed by atoms with Gasteiger partial charge in [0, 0.05) is 25.2 Å². The van der Waals surface area contributed by atoms with Crippen LogP contribution >= 0.6 is 0 Å². The Kier molecular flexibility index (Phi) is 5.87. The molecule has 3 unspecified atom stereocenters. The lowest BCUT2D eigenvalue weighted by Crippen LogP contribution is -2.58. The summed E-state index contributed by atoms with van der Waals surface area (Å²) in [5.41, 5.74) is 0. The first-order valence-corrected chi connectivity index (χ1v) is 6.71. The molecule has 0 spiro atoms. The number of piperazine rings is 1. The Labute approximate surface area is 101 Å². The Morgan fingerprint density at radius 2 is 2.12 bits per heavy atom. The third kappa shape index (κ3) is 3.23. The number of terminal acetylenes is 1. The van der Waals surface area contributed by atoms with E-state index in [1.54, 1.807) is 0 Å². The van der Waals surface area contributed by atoms with Gasteiger partial charge in [0.1, 0.15) is 0 Å². The van der Waals surface area contributed by atoms with E-state index in [1.165, 1.54) is 19.3 Å². The van der Waals surface area contributed by atoms with E-state index in [0.717, 1.165) is 19.5 Å². The first-order chi connectivity index (χ1) is 7.76. The first kappa shape index (κ1) is 13.5. The molecular weight excluding hydrogens is 196 g/mol. The Morgan fingerprint density at radius 3 is 2.62 bits per heavy atom. The molecular formula is C14H26N2. The summed E-state index contributed by atoms with van der Waals surface area (Å²) in [7, 11) is 0. The van der Waals surface area contributed by atoms with Crippen LogP contribution in [0.15, 0.2) is 0 Å². The molecule has 92 valence electrons. The van der Waals surface area contributed by atoms with Crippen molar-refractivity contribution in [3.05, 3.63) is 0 Å². The van der Waals surface area contributed by atoms with E-state index in [0.29, 0.717) is 18.1 Å². The van der Waals surface area contributed by atoms with Gasteiger partial charge < -0.3 is 5.32 Å². The SMILES string of the molecule is C#CC(CCC)N1CC(CC)NCC1CC. The molecule has 0 aromatic heterocycles. The van der Waals surface area contributed by atoms with Crippen LogP contribution in [-0.2, 0) is 0 Å². The van der Waals surface area contributed by atoms with Gasteiger partial charge in [0.2, 0.25) is 0 Å². The highest BCUT2D eigenvalue weighted by Crippen LogP contribution is 2.18. The minimum absolute atomic E-state index is 0.339. The maximum atomic E-state index is 5.68. The van der Waals surface area contributed by atoms with E-state index >= 15 is 0 Å². The van der Waals surface area contributed by atoms with Crippen molar-refractivity contribution >= 4 is 0 Å². The summed E-state index contributed by atoms with van der Waals surface area (Å²) in [4.78, 5) is 2.55. The average Bonchev–Trinajstić information content (AvgIpc) is 2.35. The molecule has 1 aliphatic heterocycles. The molecule has 1 heterocycles. The van der Waals surface area contributed by atoms with Gasteiger partial charge in [-0.25, -0.2) is 0 Å². The van der Waals surface area contributed by atoms with Crippen molar-refractivity contribution in [3.63, 3.8) is 0 Å². The van der Waals surface area contributed by atoms with Crippen LogP contribution in [0.25, 0.3) is 0 Å². The molecule has 2 heteroatoms. The number of nitrogens with one attached hydrogen (secondary N) is 1. The fourth-order valence-corrected chi connectivity index (χ4v) is 2.54. The zero-order chi connectivity index (χ0) is 12.0. The van der Waals surface area contributed by atoms with E-state index in [4.69, 9.17) is 6.42 Å². The fourth-order valence-electron chi connectivity index (χ4n) is 2.54. The Bertz CT molecular complexity index is 231. The second-order valence-electron chi connectivity index (χ2n) is 4.74. The summed E-state index contributed by atoms with van der Waals surface area (Å²) >= 11 is 0. The quantitative estimate of drug-likeness (QED) is 0.718. The van der Waals surface area contributed by atoms with E-state index in [2.05, 4.69) is 36.9 Å². The highest BCUT2D eigenvalue weighted by Gasteiger charge is 2.29. The lowest BCUT2D eigenvalue weighted by Gasteiger charge is -2.42. The van der Waals surface area contributed by atoms with Gasteiger partial charge in [-0.1, -0.05) is 33.1 Å². The largest absolute Gasteiger partial charge is 0.311 e. The zero-order valence-electron chi connectivity index (χ0n) is 11.0. The van der Waals surface area contributed by atoms with E-state index in [1.807, 2.05) is 0 Å². The topological polar surface area (TPSA) is 15.3 Å². The van der Waals surface area contributed by atoms with Crippen molar-refractivity contribution in [3.8, 4) is 12.3 Å². The van der Waals surface area contributed by atoms with Crippen molar-refractivity contribution in [1.29, 1.82) is 0 Å². The molecule has 0 amide bonds. The van der Waals surface area contributed by atoms with Gasteiger partial charge in [-0.15, -0.1) is 6.42 Å². The second kappa shape index (κ2) is 6.93. The molecule has 0 radical (unpaired) electrons. The summed E-state index contributed by atoms with van der Waals surface area (Å²) in [6, 6.07) is 1.58. The highest BCUT2D eigenvalue weighted by atomic mass is 15.2. The van der Waals surface area contributed by atoms with Gasteiger partial charge in [-0.3, -0.25) is 4.90 Å². The third-order valence-corrected chi connectivity index (χ3v) is 3.66. The third-order valence-electron chi connectivity index (χ3n) is 3.66. The zero-order valence-corrected chi connectivity index (χ0v) is 11.0. The monoisotopic (exact) mass is 222 g/mol. The van der Waals surface area contributed by atoms with Crippen LogP contribution in [0.3, 0.4) is 0 Å². The predicted molar refractivity (Wildman–Crippen MR) is 70.4 cm³/mol. The Hall–Kier alpha value is -0.520. The summed E-state index contributed by atoms with van der Waals surface area (Å²) < 4.78 is 0. The molecule has 0 aliphatic carbocycles. The molecule has 3 atom stereocenters. The molecule has 1 N–H and O–H groups in total. The summed E-state index contributed by atoms with van der Waals surface area (Å²) in [5, 5.41) is 3.61. The normalized spacial score (nSPS) is 28.6. The molecule has 1 aliphatic rings. The van der Waals surface area contributed by atoms with Crippen molar-refractivity contribution in [2.75, 3.05) is 13.1 Å². The maximum Gasteiger partial charge on any atom is 0.0715 e. The van der Waals surface area contributed by atoms with Gasteiger partial charge in [0.05, 0.1) is 6.04 Å². The molecule has 0 saturated carbocycles. The van der Waals surface area contributed by atoms with Gasteiger partial charge in [0.15, 0.2) is 0 Å². The van der Waals surface area contributed by atoms with Gasteiger partial charge in [-0.05, 0) is 19.3 Å². The minimum Gasteiger partial charge on any atom is -0.311 e. The molecule has 2 nitrogen and oxygen atoms in total. The summed E-state index contributed by atoms with van der Waals surface area (Å²) in [6.45, 7) is 8.92. The lowest BCUT2D eigenvalue weighted by molar-refractivity contribution is 0.0967. The summed E-state index contributed by atoms with van der Waals surface area (Å²) in [6.07, 6.45) is 10.4. The highest BCUT2D eigenvalue weighted by molar-refractivity contribution is 5.03. The fraction of sp³-hybridized carbons (Fsp3) is 0.857. The van der Waals surface area contributed by atoms with Crippen LogP contribution in [0, 0.1) is 12.3 Å². The van der Waals surface area contributed by atoms with E-state index in [9.17, 15) is 0 Å². The van der Waals surface area contributed by atoms with E-state index < -0.39 is 0 Å². The molecule has 16 heavy (non-hydrogen) atoms. The minimum atomic E-state index is 0.339. The van der Waals surface area contributed by atoms with E-state index in [-0.39, 0.29) is 0 Å². The lowest BCUT2D eigenvalue weighted by atomic mass is 10.0. The molecule has 0 aromatic carbocycles. The summed E-state index contributed by atoms with van der Waals surface area (Å²) in [5.74, 6) is 2.98. The van der Waals surface area contributed by atoms with Crippen LogP contribution in [0.4, 0.5) is 0 Å².